The number of carbonyl (C=O) groups is 2. The predicted molar refractivity (Wildman–Crippen MR) is 93.5 cm³/mol. The Labute approximate surface area is 155 Å². The van der Waals surface area contributed by atoms with Crippen LogP contribution in [0.5, 0.6) is 0 Å². The number of carbonyl (C=O) groups excluding carboxylic acids is 2. The topological polar surface area (TPSA) is 76.7 Å². The first-order valence-electron chi connectivity index (χ1n) is 7.97. The molecule has 0 aliphatic carbocycles. The van der Waals surface area contributed by atoms with E-state index in [2.05, 4.69) is 10.6 Å². The number of urea groups is 1. The zero-order valence-electron chi connectivity index (χ0n) is 13.6. The molecule has 6 nitrogen and oxygen atoms in total. The fraction of sp³-hybridized carbons (Fsp3) is 0.412. The summed E-state index contributed by atoms with van der Waals surface area (Å²) in [5.74, 6) is -0.503. The molecule has 2 heterocycles. The SMILES string of the molecule is CC1=C(C(=O)OC[C@@H]2CCCO2)[C@@H](c2ccc(Cl)c(Cl)c2)NC(=O)N1. The third kappa shape index (κ3) is 4.08. The maximum absolute atomic E-state index is 12.6. The first-order chi connectivity index (χ1) is 12.0. The van der Waals surface area contributed by atoms with Crippen LogP contribution in [0.25, 0.3) is 0 Å². The van der Waals surface area contributed by atoms with Crippen molar-refractivity contribution >= 4 is 35.2 Å². The number of hydrogen-bond donors (Lipinski definition) is 2. The van der Waals surface area contributed by atoms with Gasteiger partial charge in [0.1, 0.15) is 6.61 Å². The molecule has 0 bridgehead atoms. The lowest BCUT2D eigenvalue weighted by Gasteiger charge is -2.28. The van der Waals surface area contributed by atoms with Gasteiger partial charge in [-0.1, -0.05) is 29.3 Å². The fourth-order valence-electron chi connectivity index (χ4n) is 2.93. The van der Waals surface area contributed by atoms with Crippen LogP contribution in [-0.2, 0) is 14.3 Å². The van der Waals surface area contributed by atoms with Crippen molar-refractivity contribution in [2.45, 2.75) is 31.9 Å². The molecular weight excluding hydrogens is 367 g/mol. The van der Waals surface area contributed by atoms with Crippen LogP contribution in [0.15, 0.2) is 29.5 Å². The Morgan fingerprint density at radius 3 is 2.84 bits per heavy atom. The van der Waals surface area contributed by atoms with Gasteiger partial charge in [-0.05, 0) is 37.5 Å². The Morgan fingerprint density at radius 2 is 2.16 bits per heavy atom. The molecule has 0 radical (unpaired) electrons. The van der Waals surface area contributed by atoms with Crippen molar-refractivity contribution in [3.63, 3.8) is 0 Å². The Kier molecular flexibility index (Phi) is 5.51. The van der Waals surface area contributed by atoms with Crippen LogP contribution in [0.2, 0.25) is 10.0 Å². The summed E-state index contributed by atoms with van der Waals surface area (Å²) < 4.78 is 10.9. The summed E-state index contributed by atoms with van der Waals surface area (Å²) in [7, 11) is 0. The summed E-state index contributed by atoms with van der Waals surface area (Å²) in [6.07, 6.45) is 1.77. The minimum Gasteiger partial charge on any atom is -0.459 e. The third-order valence-electron chi connectivity index (χ3n) is 4.19. The smallest absolute Gasteiger partial charge is 0.338 e. The second kappa shape index (κ2) is 7.64. The van der Waals surface area contributed by atoms with Gasteiger partial charge in [-0.3, -0.25) is 0 Å². The van der Waals surface area contributed by atoms with Gasteiger partial charge in [0, 0.05) is 12.3 Å². The van der Waals surface area contributed by atoms with Gasteiger partial charge in [-0.2, -0.15) is 0 Å². The van der Waals surface area contributed by atoms with Gasteiger partial charge in [0.05, 0.1) is 27.8 Å². The monoisotopic (exact) mass is 384 g/mol. The molecule has 1 aromatic carbocycles. The molecular formula is C17H18Cl2N2O4. The van der Waals surface area contributed by atoms with Crippen LogP contribution >= 0.6 is 23.2 Å². The third-order valence-corrected chi connectivity index (χ3v) is 4.93. The molecule has 0 spiro atoms. The lowest BCUT2D eigenvalue weighted by Crippen LogP contribution is -2.45. The summed E-state index contributed by atoms with van der Waals surface area (Å²) in [4.78, 5) is 24.5. The van der Waals surface area contributed by atoms with Gasteiger partial charge in [0.15, 0.2) is 0 Å². The number of halogens is 2. The highest BCUT2D eigenvalue weighted by atomic mass is 35.5. The molecule has 3 rings (SSSR count). The fourth-order valence-corrected chi connectivity index (χ4v) is 3.24. The maximum Gasteiger partial charge on any atom is 0.338 e. The van der Waals surface area contributed by atoms with Crippen molar-refractivity contribution in [1.29, 1.82) is 0 Å². The van der Waals surface area contributed by atoms with Gasteiger partial charge >= 0.3 is 12.0 Å². The number of nitrogens with one attached hydrogen (secondary N) is 2. The predicted octanol–water partition coefficient (Wildman–Crippen LogP) is 3.34. The zero-order chi connectivity index (χ0) is 18.0. The van der Waals surface area contributed by atoms with E-state index >= 15 is 0 Å². The Morgan fingerprint density at radius 1 is 1.36 bits per heavy atom. The second-order valence-electron chi connectivity index (χ2n) is 5.98. The number of benzene rings is 1. The van der Waals surface area contributed by atoms with Gasteiger partial charge < -0.3 is 20.1 Å². The van der Waals surface area contributed by atoms with Crippen molar-refractivity contribution in [3.8, 4) is 0 Å². The van der Waals surface area contributed by atoms with Gasteiger partial charge in [0.25, 0.3) is 0 Å². The van der Waals surface area contributed by atoms with E-state index in [9.17, 15) is 9.59 Å². The molecule has 0 saturated carbocycles. The molecule has 2 aliphatic rings. The normalized spacial score (nSPS) is 23.2. The van der Waals surface area contributed by atoms with E-state index in [1.54, 1.807) is 25.1 Å². The second-order valence-corrected chi connectivity index (χ2v) is 6.79. The summed E-state index contributed by atoms with van der Waals surface area (Å²) in [5.41, 5.74) is 1.42. The lowest BCUT2D eigenvalue weighted by atomic mass is 9.95. The van der Waals surface area contributed by atoms with Crippen LogP contribution < -0.4 is 10.6 Å². The van der Waals surface area contributed by atoms with Gasteiger partial charge in [-0.15, -0.1) is 0 Å². The largest absolute Gasteiger partial charge is 0.459 e. The molecule has 2 aliphatic heterocycles. The highest BCUT2D eigenvalue weighted by Crippen LogP contribution is 2.32. The van der Waals surface area contributed by atoms with Crippen LogP contribution in [0.4, 0.5) is 4.79 Å². The van der Waals surface area contributed by atoms with Gasteiger partial charge in [-0.25, -0.2) is 9.59 Å². The van der Waals surface area contributed by atoms with Crippen LogP contribution in [0, 0.1) is 0 Å². The molecule has 25 heavy (non-hydrogen) atoms. The first kappa shape index (κ1) is 18.0. The molecule has 2 atom stereocenters. The number of amides is 2. The zero-order valence-corrected chi connectivity index (χ0v) is 15.1. The van der Waals surface area contributed by atoms with Crippen molar-refractivity contribution in [3.05, 3.63) is 45.1 Å². The molecule has 8 heteroatoms. The van der Waals surface area contributed by atoms with E-state index < -0.39 is 18.0 Å². The molecule has 0 aromatic heterocycles. The Balaban J connectivity index is 1.83. The van der Waals surface area contributed by atoms with Crippen LogP contribution in [0.3, 0.4) is 0 Å². The first-order valence-corrected chi connectivity index (χ1v) is 8.73. The Bertz CT molecular complexity index is 729. The maximum atomic E-state index is 12.6. The van der Waals surface area contributed by atoms with Crippen LogP contribution in [-0.4, -0.2) is 31.3 Å². The van der Waals surface area contributed by atoms with Crippen molar-refractivity contribution < 1.29 is 19.1 Å². The average Bonchev–Trinajstić information content (AvgIpc) is 3.08. The number of allylic oxidation sites excluding steroid dienone is 1. The van der Waals surface area contributed by atoms with E-state index in [0.717, 1.165) is 12.8 Å². The molecule has 134 valence electrons. The summed E-state index contributed by atoms with van der Waals surface area (Å²) in [6.45, 7) is 2.54. The van der Waals surface area contributed by atoms with E-state index in [1.807, 2.05) is 0 Å². The minimum atomic E-state index is -0.666. The Hall–Kier alpha value is -1.76. The molecule has 1 fully saturated rings. The average molecular weight is 385 g/mol. The van der Waals surface area contributed by atoms with E-state index in [4.69, 9.17) is 32.7 Å². The number of ether oxygens (including phenoxy) is 2. The standard InChI is InChI=1S/C17H18Cl2N2O4/c1-9-14(16(22)25-8-11-3-2-6-24-11)15(21-17(23)20-9)10-4-5-12(18)13(19)7-10/h4-5,7,11,15H,2-3,6,8H2,1H3,(H2,20,21,23)/t11-,15+/m0/s1. The van der Waals surface area contributed by atoms with Gasteiger partial charge in [0.2, 0.25) is 0 Å². The summed E-state index contributed by atoms with van der Waals surface area (Å²) >= 11 is 12.0. The molecule has 2 amide bonds. The van der Waals surface area contributed by atoms with Crippen molar-refractivity contribution in [2.75, 3.05) is 13.2 Å². The minimum absolute atomic E-state index is 0.0700. The highest BCUT2D eigenvalue weighted by molar-refractivity contribution is 6.42. The van der Waals surface area contributed by atoms with Crippen molar-refractivity contribution in [1.82, 2.24) is 10.6 Å². The molecule has 1 saturated heterocycles. The molecule has 2 N–H and O–H groups in total. The van der Waals surface area contributed by atoms with Crippen molar-refractivity contribution in [2.24, 2.45) is 0 Å². The lowest BCUT2D eigenvalue weighted by molar-refractivity contribution is -0.142. The van der Waals surface area contributed by atoms with E-state index in [1.165, 1.54) is 0 Å². The number of hydrogen-bond acceptors (Lipinski definition) is 4. The number of rotatable bonds is 4. The van der Waals surface area contributed by atoms with Crippen LogP contribution in [0.1, 0.15) is 31.4 Å². The summed E-state index contributed by atoms with van der Waals surface area (Å²) in [5, 5.41) is 6.07. The molecule has 0 unspecified atom stereocenters. The molecule has 1 aromatic rings. The van der Waals surface area contributed by atoms with E-state index in [-0.39, 0.29) is 12.7 Å². The van der Waals surface area contributed by atoms with E-state index in [0.29, 0.717) is 33.5 Å². The number of esters is 1. The quantitative estimate of drug-likeness (QED) is 0.780. The summed E-state index contributed by atoms with van der Waals surface area (Å²) in [6, 6.07) is 3.90. The highest BCUT2D eigenvalue weighted by Gasteiger charge is 2.33.